The average Bonchev–Trinajstić information content (AvgIpc) is 2.63. The lowest BCUT2D eigenvalue weighted by Crippen LogP contribution is -2.44. The number of anilines is 1. The number of nitrogens with one attached hydrogen (secondary N) is 1. The first-order valence-electron chi connectivity index (χ1n) is 8.62. The summed E-state index contributed by atoms with van der Waals surface area (Å²) in [5.74, 6) is -1.19. The minimum Gasteiger partial charge on any atom is -0.326 e. The Morgan fingerprint density at radius 1 is 1.22 bits per heavy atom. The molecular weight excluding hydrogens is 435 g/mol. The van der Waals surface area contributed by atoms with Gasteiger partial charge in [0.2, 0.25) is 15.9 Å². The topological polar surface area (TPSA) is 66.5 Å². The quantitative estimate of drug-likeness (QED) is 0.747. The molecule has 5 nitrogen and oxygen atoms in total. The zero-order valence-corrected chi connectivity index (χ0v) is 17.0. The van der Waals surface area contributed by atoms with Crippen LogP contribution in [0.25, 0.3) is 0 Å². The second kappa shape index (κ2) is 8.50. The van der Waals surface area contributed by atoms with E-state index in [9.17, 15) is 17.6 Å². The molecule has 8 heteroatoms. The Morgan fingerprint density at radius 2 is 1.96 bits per heavy atom. The number of halogens is 2. The number of hydrogen-bond acceptors (Lipinski definition) is 3. The molecule has 1 aliphatic heterocycles. The molecule has 1 N–H and O–H groups in total. The standard InChI is InChI=1S/C19H20BrFN2O3S/c20-16-4-1-5-18(11-16)22-19(24)15-3-2-10-23(12-15)27(25,26)13-14-6-8-17(21)9-7-14/h1,4-9,11,15H,2-3,10,12-13H2,(H,22,24). The fourth-order valence-corrected chi connectivity index (χ4v) is 5.11. The molecule has 0 bridgehead atoms. The molecule has 1 atom stereocenters. The van der Waals surface area contributed by atoms with Gasteiger partial charge in [0.05, 0.1) is 11.7 Å². The summed E-state index contributed by atoms with van der Waals surface area (Å²) < 4.78 is 40.6. The van der Waals surface area contributed by atoms with E-state index in [-0.39, 0.29) is 18.2 Å². The zero-order chi connectivity index (χ0) is 19.4. The summed E-state index contributed by atoms with van der Waals surface area (Å²) in [6, 6.07) is 12.7. The molecule has 1 unspecified atom stereocenters. The van der Waals surface area contributed by atoms with Crippen LogP contribution in [0.1, 0.15) is 18.4 Å². The fraction of sp³-hybridized carbons (Fsp3) is 0.316. The number of amides is 1. The highest BCUT2D eigenvalue weighted by molar-refractivity contribution is 9.10. The van der Waals surface area contributed by atoms with Crippen molar-refractivity contribution in [3.05, 3.63) is 64.4 Å². The van der Waals surface area contributed by atoms with E-state index in [1.165, 1.54) is 28.6 Å². The third-order valence-electron chi connectivity index (χ3n) is 4.50. The van der Waals surface area contributed by atoms with Gasteiger partial charge in [0.1, 0.15) is 5.82 Å². The predicted octanol–water partition coefficient (Wildman–Crippen LogP) is 3.77. The molecule has 0 radical (unpaired) electrons. The Bertz CT molecular complexity index is 919. The predicted molar refractivity (Wildman–Crippen MR) is 106 cm³/mol. The van der Waals surface area contributed by atoms with Crippen molar-refractivity contribution in [1.82, 2.24) is 4.31 Å². The molecule has 1 amide bonds. The minimum atomic E-state index is -3.57. The van der Waals surface area contributed by atoms with Crippen LogP contribution in [0, 0.1) is 11.7 Å². The molecule has 0 aromatic heterocycles. The molecule has 144 valence electrons. The first kappa shape index (κ1) is 20.0. The van der Waals surface area contributed by atoms with E-state index in [1.54, 1.807) is 12.1 Å². The van der Waals surface area contributed by atoms with Gasteiger partial charge in [-0.3, -0.25) is 4.79 Å². The fourth-order valence-electron chi connectivity index (χ4n) is 3.10. The molecule has 1 heterocycles. The number of hydrogen-bond donors (Lipinski definition) is 1. The molecule has 3 rings (SSSR count). The third kappa shape index (κ3) is 5.37. The maximum Gasteiger partial charge on any atom is 0.228 e. The maximum absolute atomic E-state index is 13.0. The lowest BCUT2D eigenvalue weighted by Gasteiger charge is -2.31. The van der Waals surface area contributed by atoms with Crippen molar-refractivity contribution in [2.75, 3.05) is 18.4 Å². The van der Waals surface area contributed by atoms with Crippen molar-refractivity contribution >= 4 is 37.5 Å². The number of carbonyl (C=O) groups is 1. The van der Waals surface area contributed by atoms with Crippen molar-refractivity contribution in [2.24, 2.45) is 5.92 Å². The number of sulfonamides is 1. The van der Waals surface area contributed by atoms with E-state index < -0.39 is 21.8 Å². The molecule has 0 spiro atoms. The average molecular weight is 455 g/mol. The van der Waals surface area contributed by atoms with Crippen LogP contribution >= 0.6 is 15.9 Å². The van der Waals surface area contributed by atoms with E-state index in [1.807, 2.05) is 12.1 Å². The van der Waals surface area contributed by atoms with Crippen LogP contribution in [0.2, 0.25) is 0 Å². The Kier molecular flexibility index (Phi) is 6.29. The van der Waals surface area contributed by atoms with Crippen molar-refractivity contribution in [3.63, 3.8) is 0 Å². The lowest BCUT2D eigenvalue weighted by molar-refractivity contribution is -0.120. The summed E-state index contributed by atoms with van der Waals surface area (Å²) in [6.07, 6.45) is 1.27. The smallest absolute Gasteiger partial charge is 0.228 e. The van der Waals surface area contributed by atoms with Gasteiger partial charge in [-0.05, 0) is 48.7 Å². The number of nitrogens with zero attached hydrogens (tertiary/aromatic N) is 1. The van der Waals surface area contributed by atoms with Gasteiger partial charge in [0, 0.05) is 23.2 Å². The number of piperidine rings is 1. The molecule has 27 heavy (non-hydrogen) atoms. The Morgan fingerprint density at radius 3 is 2.67 bits per heavy atom. The summed E-state index contributed by atoms with van der Waals surface area (Å²) in [5.41, 5.74) is 1.19. The van der Waals surface area contributed by atoms with Gasteiger partial charge < -0.3 is 5.32 Å². The SMILES string of the molecule is O=C(Nc1cccc(Br)c1)C1CCCN(S(=O)(=O)Cc2ccc(F)cc2)C1. The highest BCUT2D eigenvalue weighted by Gasteiger charge is 2.32. The molecular formula is C19H20BrFN2O3S. The van der Waals surface area contributed by atoms with Gasteiger partial charge in [-0.2, -0.15) is 0 Å². The third-order valence-corrected chi connectivity index (χ3v) is 6.81. The molecule has 1 aliphatic rings. The van der Waals surface area contributed by atoms with Crippen LogP contribution < -0.4 is 5.32 Å². The summed E-state index contributed by atoms with van der Waals surface area (Å²) in [7, 11) is -3.57. The molecule has 1 saturated heterocycles. The van der Waals surface area contributed by atoms with Crippen LogP contribution in [0.5, 0.6) is 0 Å². The van der Waals surface area contributed by atoms with E-state index in [4.69, 9.17) is 0 Å². The van der Waals surface area contributed by atoms with Gasteiger partial charge in [0.15, 0.2) is 0 Å². The first-order valence-corrected chi connectivity index (χ1v) is 11.0. The minimum absolute atomic E-state index is 0.156. The van der Waals surface area contributed by atoms with Crippen molar-refractivity contribution in [2.45, 2.75) is 18.6 Å². The van der Waals surface area contributed by atoms with Gasteiger partial charge in [-0.15, -0.1) is 0 Å². The summed E-state index contributed by atoms with van der Waals surface area (Å²) in [6.45, 7) is 0.549. The van der Waals surface area contributed by atoms with Crippen LogP contribution in [0.3, 0.4) is 0 Å². The van der Waals surface area contributed by atoms with Crippen LogP contribution in [0.15, 0.2) is 53.0 Å². The van der Waals surface area contributed by atoms with Crippen LogP contribution in [-0.2, 0) is 20.6 Å². The highest BCUT2D eigenvalue weighted by atomic mass is 79.9. The second-order valence-corrected chi connectivity index (χ2v) is 9.46. The largest absolute Gasteiger partial charge is 0.326 e. The highest BCUT2D eigenvalue weighted by Crippen LogP contribution is 2.24. The Balaban J connectivity index is 1.65. The zero-order valence-electron chi connectivity index (χ0n) is 14.6. The van der Waals surface area contributed by atoms with Gasteiger partial charge in [-0.25, -0.2) is 17.1 Å². The number of rotatable bonds is 5. The summed E-state index contributed by atoms with van der Waals surface area (Å²) in [5, 5.41) is 2.85. The first-order chi connectivity index (χ1) is 12.8. The van der Waals surface area contributed by atoms with Crippen molar-refractivity contribution in [1.29, 1.82) is 0 Å². The van der Waals surface area contributed by atoms with E-state index in [0.29, 0.717) is 30.6 Å². The van der Waals surface area contributed by atoms with Gasteiger partial charge in [0.25, 0.3) is 0 Å². The normalized spacial score (nSPS) is 18.2. The molecule has 2 aromatic carbocycles. The lowest BCUT2D eigenvalue weighted by atomic mass is 9.99. The summed E-state index contributed by atoms with van der Waals surface area (Å²) in [4.78, 5) is 12.6. The molecule has 0 saturated carbocycles. The van der Waals surface area contributed by atoms with E-state index in [0.717, 1.165) is 4.47 Å². The van der Waals surface area contributed by atoms with Crippen LogP contribution in [0.4, 0.5) is 10.1 Å². The summed E-state index contributed by atoms with van der Waals surface area (Å²) >= 11 is 3.36. The Hall–Kier alpha value is -1.77. The number of benzene rings is 2. The van der Waals surface area contributed by atoms with Crippen molar-refractivity contribution in [3.8, 4) is 0 Å². The van der Waals surface area contributed by atoms with Gasteiger partial charge in [-0.1, -0.05) is 34.1 Å². The molecule has 1 fully saturated rings. The molecule has 0 aliphatic carbocycles. The second-order valence-electron chi connectivity index (χ2n) is 6.58. The van der Waals surface area contributed by atoms with Crippen LogP contribution in [-0.4, -0.2) is 31.7 Å². The Labute approximate surface area is 166 Å². The van der Waals surface area contributed by atoms with Crippen molar-refractivity contribution < 1.29 is 17.6 Å². The molecule has 2 aromatic rings. The van der Waals surface area contributed by atoms with E-state index in [2.05, 4.69) is 21.2 Å². The maximum atomic E-state index is 13.0. The van der Waals surface area contributed by atoms with E-state index >= 15 is 0 Å². The monoisotopic (exact) mass is 454 g/mol. The number of carbonyl (C=O) groups excluding carboxylic acids is 1. The van der Waals surface area contributed by atoms with Gasteiger partial charge >= 0.3 is 0 Å².